The standard InChI is InChI=1S/C18H30N2OSi2/c1-6-17(21)15-18(16-11-8-7-9-12-16)19-20-22(2,3)13-10-14-23(20,4)5/h7-9,11-12H,6,10,13-15H2,1-5H3. The summed E-state index contributed by atoms with van der Waals surface area (Å²) in [7, 11) is -3.03. The summed E-state index contributed by atoms with van der Waals surface area (Å²) in [5.41, 5.74) is 2.05. The molecule has 0 bridgehead atoms. The maximum absolute atomic E-state index is 12.1. The maximum Gasteiger partial charge on any atom is 0.161 e. The van der Waals surface area contributed by atoms with Crippen molar-refractivity contribution < 1.29 is 4.79 Å². The van der Waals surface area contributed by atoms with Gasteiger partial charge in [0.1, 0.15) is 5.78 Å². The first-order valence-electron chi connectivity index (χ1n) is 8.71. The molecule has 1 fully saturated rings. The Balaban J connectivity index is 2.44. The Morgan fingerprint density at radius 2 is 1.65 bits per heavy atom. The Labute approximate surface area is 143 Å². The first kappa shape index (κ1) is 18.1. The zero-order valence-corrected chi connectivity index (χ0v) is 17.2. The average Bonchev–Trinajstić information content (AvgIpc) is 2.49. The van der Waals surface area contributed by atoms with Crippen molar-refractivity contribution in [1.82, 2.24) is 4.34 Å². The second-order valence-corrected chi connectivity index (χ2v) is 17.3. The van der Waals surface area contributed by atoms with Crippen LogP contribution < -0.4 is 0 Å². The molecular weight excluding hydrogens is 316 g/mol. The normalized spacial score (nSPS) is 20.4. The van der Waals surface area contributed by atoms with Crippen molar-refractivity contribution in [3.63, 3.8) is 0 Å². The fourth-order valence-corrected chi connectivity index (χ4v) is 14.4. The highest BCUT2D eigenvalue weighted by Gasteiger charge is 2.44. The fraction of sp³-hybridized carbons (Fsp3) is 0.556. The van der Waals surface area contributed by atoms with E-state index in [9.17, 15) is 4.79 Å². The molecule has 0 saturated carbocycles. The summed E-state index contributed by atoms with van der Waals surface area (Å²) >= 11 is 0. The number of Topliss-reactive ketones (excluding diaryl/α,β-unsaturated/α-hetero) is 1. The van der Waals surface area contributed by atoms with E-state index < -0.39 is 16.5 Å². The van der Waals surface area contributed by atoms with Crippen molar-refractivity contribution >= 4 is 28.0 Å². The SMILES string of the molecule is CCC(=O)CC(=NN1[Si](C)(C)CCC[Si]1(C)C)c1ccccc1. The van der Waals surface area contributed by atoms with E-state index in [0.717, 1.165) is 11.3 Å². The second kappa shape index (κ2) is 7.13. The molecule has 0 atom stereocenters. The van der Waals surface area contributed by atoms with Crippen molar-refractivity contribution in [1.29, 1.82) is 0 Å². The first-order valence-corrected chi connectivity index (χ1v) is 15.0. The van der Waals surface area contributed by atoms with Gasteiger partial charge in [-0.15, -0.1) is 0 Å². The van der Waals surface area contributed by atoms with Gasteiger partial charge in [-0.25, -0.2) is 0 Å². The van der Waals surface area contributed by atoms with Gasteiger partial charge in [-0.2, -0.15) is 5.10 Å². The van der Waals surface area contributed by atoms with E-state index >= 15 is 0 Å². The van der Waals surface area contributed by atoms with Gasteiger partial charge in [0, 0.05) is 6.42 Å². The van der Waals surface area contributed by atoms with Gasteiger partial charge in [0.25, 0.3) is 0 Å². The largest absolute Gasteiger partial charge is 0.349 e. The van der Waals surface area contributed by atoms with Crippen LogP contribution in [0.1, 0.15) is 31.7 Å². The quantitative estimate of drug-likeness (QED) is 0.562. The number of hydrogen-bond donors (Lipinski definition) is 0. The molecule has 0 aromatic heterocycles. The molecular formula is C18H30N2OSi2. The monoisotopic (exact) mass is 346 g/mol. The van der Waals surface area contributed by atoms with Crippen LogP contribution in [0.2, 0.25) is 38.3 Å². The Bertz CT molecular complexity index is 566. The molecule has 0 aliphatic carbocycles. The highest BCUT2D eigenvalue weighted by molar-refractivity contribution is 6.91. The summed E-state index contributed by atoms with van der Waals surface area (Å²) < 4.78 is 2.52. The number of benzene rings is 1. The van der Waals surface area contributed by atoms with E-state index in [1.54, 1.807) is 0 Å². The van der Waals surface area contributed by atoms with Crippen LogP contribution in [0, 0.1) is 0 Å². The van der Waals surface area contributed by atoms with Crippen LogP contribution in [0.15, 0.2) is 35.4 Å². The number of carbonyl (C=O) groups is 1. The molecule has 1 aliphatic heterocycles. The molecule has 1 saturated heterocycles. The van der Waals surface area contributed by atoms with Crippen LogP contribution in [0.3, 0.4) is 0 Å². The molecule has 3 nitrogen and oxygen atoms in total. The minimum atomic E-state index is -1.52. The van der Waals surface area contributed by atoms with Gasteiger partial charge in [0.05, 0.1) is 12.1 Å². The molecule has 1 heterocycles. The van der Waals surface area contributed by atoms with E-state index in [1.807, 2.05) is 25.1 Å². The molecule has 0 amide bonds. The number of ketones is 1. The lowest BCUT2D eigenvalue weighted by atomic mass is 10.0. The van der Waals surface area contributed by atoms with Crippen LogP contribution in [0.25, 0.3) is 0 Å². The lowest BCUT2D eigenvalue weighted by Gasteiger charge is -2.49. The molecule has 1 aliphatic rings. The summed E-state index contributed by atoms with van der Waals surface area (Å²) in [6.45, 7) is 11.6. The lowest BCUT2D eigenvalue weighted by Crippen LogP contribution is -2.62. The Morgan fingerprint density at radius 3 is 2.17 bits per heavy atom. The van der Waals surface area contributed by atoms with Crippen molar-refractivity contribution in [2.24, 2.45) is 5.10 Å². The minimum Gasteiger partial charge on any atom is -0.349 e. The highest BCUT2D eigenvalue weighted by atomic mass is 28.4. The van der Waals surface area contributed by atoms with Gasteiger partial charge in [-0.3, -0.25) is 4.79 Å². The predicted octanol–water partition coefficient (Wildman–Crippen LogP) is 4.88. The van der Waals surface area contributed by atoms with Gasteiger partial charge in [-0.05, 0) is 17.7 Å². The van der Waals surface area contributed by atoms with Crippen molar-refractivity contribution in [3.05, 3.63) is 35.9 Å². The summed E-state index contributed by atoms with van der Waals surface area (Å²) in [5, 5.41) is 5.15. The third-order valence-corrected chi connectivity index (χ3v) is 14.1. The van der Waals surface area contributed by atoms with E-state index in [2.05, 4.69) is 42.7 Å². The smallest absolute Gasteiger partial charge is 0.161 e. The molecule has 0 unspecified atom stereocenters. The Morgan fingerprint density at radius 1 is 1.09 bits per heavy atom. The minimum absolute atomic E-state index is 0.267. The molecule has 1 aromatic carbocycles. The Kier molecular flexibility index (Phi) is 5.63. The van der Waals surface area contributed by atoms with Gasteiger partial charge in [-0.1, -0.05) is 69.9 Å². The van der Waals surface area contributed by atoms with Crippen molar-refractivity contribution in [2.75, 3.05) is 0 Å². The molecule has 0 N–H and O–H groups in total. The number of nitrogens with zero attached hydrogens (tertiary/aromatic N) is 2. The lowest BCUT2D eigenvalue weighted by molar-refractivity contribution is -0.117. The number of hydrogen-bond acceptors (Lipinski definition) is 3. The topological polar surface area (TPSA) is 32.7 Å². The summed E-state index contributed by atoms with van der Waals surface area (Å²) in [6.07, 6.45) is 2.37. The van der Waals surface area contributed by atoms with E-state index in [-0.39, 0.29) is 5.78 Å². The molecule has 1 aromatic rings. The van der Waals surface area contributed by atoms with Gasteiger partial charge >= 0.3 is 0 Å². The van der Waals surface area contributed by atoms with E-state index in [4.69, 9.17) is 5.10 Å². The van der Waals surface area contributed by atoms with Crippen LogP contribution in [-0.2, 0) is 4.79 Å². The summed E-state index contributed by atoms with van der Waals surface area (Å²) in [4.78, 5) is 12.1. The van der Waals surface area contributed by atoms with Gasteiger partial charge < -0.3 is 4.34 Å². The van der Waals surface area contributed by atoms with Gasteiger partial charge in [0.15, 0.2) is 16.5 Å². The van der Waals surface area contributed by atoms with E-state index in [1.165, 1.54) is 18.5 Å². The zero-order valence-electron chi connectivity index (χ0n) is 15.2. The third-order valence-electron chi connectivity index (χ3n) is 4.81. The van der Waals surface area contributed by atoms with Crippen LogP contribution in [0.5, 0.6) is 0 Å². The molecule has 0 radical (unpaired) electrons. The van der Waals surface area contributed by atoms with E-state index in [0.29, 0.717) is 12.8 Å². The molecule has 126 valence electrons. The number of carbonyl (C=O) groups excluding carboxylic acids is 1. The molecule has 23 heavy (non-hydrogen) atoms. The maximum atomic E-state index is 12.1. The zero-order chi connectivity index (χ0) is 17.1. The summed E-state index contributed by atoms with van der Waals surface area (Å²) in [5.74, 6) is 0.267. The molecule has 0 spiro atoms. The molecule has 5 heteroatoms. The van der Waals surface area contributed by atoms with Gasteiger partial charge in [0.2, 0.25) is 0 Å². The summed E-state index contributed by atoms with van der Waals surface area (Å²) in [6, 6.07) is 12.8. The molecule has 2 rings (SSSR count). The highest BCUT2D eigenvalue weighted by Crippen LogP contribution is 2.35. The van der Waals surface area contributed by atoms with Crippen LogP contribution >= 0.6 is 0 Å². The third kappa shape index (κ3) is 4.41. The Hall–Kier alpha value is -1.21. The second-order valence-electron chi connectivity index (χ2n) is 7.77. The fourth-order valence-electron chi connectivity index (χ4n) is 3.51. The number of hydrazone groups is 1. The average molecular weight is 347 g/mol. The van der Waals surface area contributed by atoms with Crippen molar-refractivity contribution in [2.45, 2.75) is 64.5 Å². The predicted molar refractivity (Wildman–Crippen MR) is 104 cm³/mol. The number of rotatable bonds is 5. The first-order chi connectivity index (χ1) is 10.8. The van der Waals surface area contributed by atoms with Crippen LogP contribution in [-0.4, -0.2) is 32.3 Å². The van der Waals surface area contributed by atoms with Crippen LogP contribution in [0.4, 0.5) is 0 Å². The van der Waals surface area contributed by atoms with Crippen molar-refractivity contribution in [3.8, 4) is 0 Å².